The van der Waals surface area contributed by atoms with Crippen LogP contribution < -0.4 is 11.1 Å². The third kappa shape index (κ3) is 3.73. The summed E-state index contributed by atoms with van der Waals surface area (Å²) < 4.78 is 5.67. The molecule has 2 saturated carbocycles. The van der Waals surface area contributed by atoms with E-state index >= 15 is 0 Å². The fourth-order valence-corrected chi connectivity index (χ4v) is 3.92. The highest BCUT2D eigenvalue weighted by Gasteiger charge is 2.62. The fraction of sp³-hybridized carbons (Fsp3) is 0.750. The van der Waals surface area contributed by atoms with Crippen LogP contribution in [0, 0.1) is 5.41 Å². The first-order valence-corrected chi connectivity index (χ1v) is 8.89. The Kier molecular flexibility index (Phi) is 7.10. The van der Waals surface area contributed by atoms with Crippen LogP contribution in [0.4, 0.5) is 0 Å². The largest absolute Gasteiger partial charge is 0.378 e. The van der Waals surface area contributed by atoms with Crippen molar-refractivity contribution >= 4 is 42.1 Å². The van der Waals surface area contributed by atoms with Crippen molar-refractivity contribution in [1.29, 1.82) is 0 Å². The molecule has 3 rings (SSSR count). The molecule has 24 heavy (non-hydrogen) atoms. The van der Waals surface area contributed by atoms with Crippen molar-refractivity contribution in [3.05, 3.63) is 16.1 Å². The van der Waals surface area contributed by atoms with Gasteiger partial charge in [0, 0.05) is 29.7 Å². The van der Waals surface area contributed by atoms with Crippen molar-refractivity contribution in [2.45, 2.75) is 64.1 Å². The summed E-state index contributed by atoms with van der Waals surface area (Å²) in [5.74, 6) is 0.552. The number of rotatable bonds is 6. The van der Waals surface area contributed by atoms with Crippen molar-refractivity contribution in [1.82, 2.24) is 10.3 Å². The van der Waals surface area contributed by atoms with Crippen LogP contribution >= 0.6 is 36.2 Å². The second-order valence-electron chi connectivity index (χ2n) is 6.96. The molecule has 0 bridgehead atoms. The number of carbonyl (C=O) groups is 1. The van der Waals surface area contributed by atoms with Crippen molar-refractivity contribution in [2.75, 3.05) is 6.61 Å². The van der Waals surface area contributed by atoms with E-state index < -0.39 is 5.54 Å². The van der Waals surface area contributed by atoms with E-state index in [1.54, 1.807) is 11.3 Å². The first-order chi connectivity index (χ1) is 10.4. The SMILES string of the molecule is CCOC1CC(N)(C(=O)NCc2nc(C3CC3)cs2)C1(C)C.Cl.Cl. The zero-order valence-corrected chi connectivity index (χ0v) is 16.8. The molecule has 0 spiro atoms. The average molecular weight is 396 g/mol. The van der Waals surface area contributed by atoms with Crippen LogP contribution in [0.2, 0.25) is 0 Å². The molecule has 2 atom stereocenters. The summed E-state index contributed by atoms with van der Waals surface area (Å²) in [6.45, 7) is 7.09. The fourth-order valence-electron chi connectivity index (χ4n) is 3.11. The number of ether oxygens (including phenoxy) is 1. The topological polar surface area (TPSA) is 77.2 Å². The normalized spacial score (nSPS) is 27.4. The molecular formula is C16H27Cl2N3O2S. The van der Waals surface area contributed by atoms with E-state index in [9.17, 15) is 4.79 Å². The highest BCUT2D eigenvalue weighted by atomic mass is 35.5. The third-order valence-electron chi connectivity index (χ3n) is 5.20. The van der Waals surface area contributed by atoms with E-state index in [0.717, 1.165) is 5.01 Å². The molecular weight excluding hydrogens is 369 g/mol. The van der Waals surface area contributed by atoms with Crippen LogP contribution in [-0.4, -0.2) is 29.1 Å². The van der Waals surface area contributed by atoms with Gasteiger partial charge in [-0.15, -0.1) is 36.2 Å². The molecule has 1 heterocycles. The van der Waals surface area contributed by atoms with E-state index in [0.29, 0.717) is 25.5 Å². The lowest BCUT2D eigenvalue weighted by atomic mass is 9.54. The van der Waals surface area contributed by atoms with Gasteiger partial charge in [0.05, 0.1) is 18.3 Å². The summed E-state index contributed by atoms with van der Waals surface area (Å²) in [4.78, 5) is 17.1. The van der Waals surface area contributed by atoms with Crippen LogP contribution in [0.15, 0.2) is 5.38 Å². The van der Waals surface area contributed by atoms with Gasteiger partial charge in [0.1, 0.15) is 10.5 Å². The number of carbonyl (C=O) groups excluding carboxylic acids is 1. The monoisotopic (exact) mass is 395 g/mol. The number of hydrogen-bond acceptors (Lipinski definition) is 5. The molecule has 1 amide bonds. The maximum atomic E-state index is 12.5. The van der Waals surface area contributed by atoms with E-state index in [1.165, 1.54) is 18.5 Å². The molecule has 5 nitrogen and oxygen atoms in total. The number of nitrogens with one attached hydrogen (secondary N) is 1. The Bertz CT molecular complexity index is 577. The molecule has 2 aliphatic rings. The summed E-state index contributed by atoms with van der Waals surface area (Å²) in [5, 5.41) is 6.02. The van der Waals surface area contributed by atoms with Crippen LogP contribution in [0.25, 0.3) is 0 Å². The van der Waals surface area contributed by atoms with Gasteiger partial charge in [-0.3, -0.25) is 4.79 Å². The number of nitrogens with zero attached hydrogens (tertiary/aromatic N) is 1. The Morgan fingerprint density at radius 2 is 2.12 bits per heavy atom. The standard InChI is InChI=1S/C16H25N3O2S.2ClH/c1-4-21-12-7-16(17,15(12,2)3)14(20)18-8-13-19-11(9-22-13)10-5-6-10;;/h9-10,12H,4-8,17H2,1-3H3,(H,18,20);2*1H. The summed E-state index contributed by atoms with van der Waals surface area (Å²) in [5.41, 5.74) is 6.33. The maximum absolute atomic E-state index is 12.5. The Morgan fingerprint density at radius 1 is 1.46 bits per heavy atom. The minimum absolute atomic E-state index is 0. The molecule has 0 saturated heterocycles. The van der Waals surface area contributed by atoms with Gasteiger partial charge in [-0.25, -0.2) is 4.98 Å². The molecule has 2 unspecified atom stereocenters. The van der Waals surface area contributed by atoms with Gasteiger partial charge >= 0.3 is 0 Å². The highest BCUT2D eigenvalue weighted by Crippen LogP contribution is 2.49. The minimum Gasteiger partial charge on any atom is -0.378 e. The number of nitrogens with two attached hydrogens (primary N) is 1. The number of aromatic nitrogens is 1. The van der Waals surface area contributed by atoms with Crippen molar-refractivity contribution in [2.24, 2.45) is 11.1 Å². The molecule has 0 aliphatic heterocycles. The average Bonchev–Trinajstić information content (AvgIpc) is 3.23. The number of halogens is 2. The molecule has 8 heteroatoms. The molecule has 0 aromatic carbocycles. The van der Waals surface area contributed by atoms with Crippen LogP contribution in [0.1, 0.15) is 56.7 Å². The number of hydrogen-bond donors (Lipinski definition) is 2. The third-order valence-corrected chi connectivity index (χ3v) is 6.07. The van der Waals surface area contributed by atoms with Crippen molar-refractivity contribution < 1.29 is 9.53 Å². The summed E-state index contributed by atoms with van der Waals surface area (Å²) in [6, 6.07) is 0. The summed E-state index contributed by atoms with van der Waals surface area (Å²) in [6.07, 6.45) is 3.11. The van der Waals surface area contributed by atoms with Crippen molar-refractivity contribution in [3.63, 3.8) is 0 Å². The zero-order chi connectivity index (χ0) is 16.0. The van der Waals surface area contributed by atoms with Gasteiger partial charge in [-0.2, -0.15) is 0 Å². The van der Waals surface area contributed by atoms with Gasteiger partial charge in [0.15, 0.2) is 0 Å². The van der Waals surface area contributed by atoms with Crippen LogP contribution in [-0.2, 0) is 16.1 Å². The van der Waals surface area contributed by atoms with Gasteiger partial charge in [-0.05, 0) is 19.8 Å². The molecule has 3 N–H and O–H groups in total. The first kappa shape index (κ1) is 21.6. The van der Waals surface area contributed by atoms with E-state index in [2.05, 4.69) is 15.7 Å². The first-order valence-electron chi connectivity index (χ1n) is 8.01. The summed E-state index contributed by atoms with van der Waals surface area (Å²) in [7, 11) is 0. The maximum Gasteiger partial charge on any atom is 0.241 e. The van der Waals surface area contributed by atoms with Crippen LogP contribution in [0.3, 0.4) is 0 Å². The smallest absolute Gasteiger partial charge is 0.241 e. The quantitative estimate of drug-likeness (QED) is 0.775. The van der Waals surface area contributed by atoms with E-state index in [-0.39, 0.29) is 42.2 Å². The van der Waals surface area contributed by atoms with E-state index in [1.807, 2.05) is 20.8 Å². The lowest BCUT2D eigenvalue weighted by molar-refractivity contribution is -0.170. The predicted octanol–water partition coefficient (Wildman–Crippen LogP) is 3.01. The Hall–Kier alpha value is -0.400. The zero-order valence-electron chi connectivity index (χ0n) is 14.3. The molecule has 2 fully saturated rings. The molecule has 1 aromatic rings. The molecule has 2 aliphatic carbocycles. The number of thiazole rings is 1. The highest BCUT2D eigenvalue weighted by molar-refractivity contribution is 7.09. The molecule has 138 valence electrons. The molecule has 1 aromatic heterocycles. The second kappa shape index (κ2) is 7.87. The predicted molar refractivity (Wildman–Crippen MR) is 101 cm³/mol. The van der Waals surface area contributed by atoms with E-state index in [4.69, 9.17) is 10.5 Å². The lowest BCUT2D eigenvalue weighted by Crippen LogP contribution is -2.75. The lowest BCUT2D eigenvalue weighted by Gasteiger charge is -2.57. The van der Waals surface area contributed by atoms with Crippen LogP contribution in [0.5, 0.6) is 0 Å². The van der Waals surface area contributed by atoms with Crippen molar-refractivity contribution in [3.8, 4) is 0 Å². The molecule has 0 radical (unpaired) electrons. The summed E-state index contributed by atoms with van der Waals surface area (Å²) >= 11 is 1.61. The number of amides is 1. The van der Waals surface area contributed by atoms with Gasteiger partial charge in [0.25, 0.3) is 0 Å². The van der Waals surface area contributed by atoms with Gasteiger partial charge in [-0.1, -0.05) is 13.8 Å². The second-order valence-corrected chi connectivity index (χ2v) is 7.91. The minimum atomic E-state index is -0.858. The Morgan fingerprint density at radius 3 is 2.67 bits per heavy atom. The Labute approximate surface area is 159 Å². The van der Waals surface area contributed by atoms with Gasteiger partial charge < -0.3 is 15.8 Å². The van der Waals surface area contributed by atoms with Gasteiger partial charge in [0.2, 0.25) is 5.91 Å². The Balaban J connectivity index is 0.00000144.